The van der Waals surface area contributed by atoms with E-state index in [1.165, 1.54) is 0 Å². The van der Waals surface area contributed by atoms with Gasteiger partial charge in [0.15, 0.2) is 15.8 Å². The monoisotopic (exact) mass is 433 g/mol. The third-order valence-electron chi connectivity index (χ3n) is 3.38. The fourth-order valence-electron chi connectivity index (χ4n) is 1.84. The van der Waals surface area contributed by atoms with E-state index in [0.29, 0.717) is 18.5 Å². The number of aliphatic imine (C=N–C) groups is 1. The van der Waals surface area contributed by atoms with Crippen molar-refractivity contribution in [3.05, 3.63) is 0 Å². The Balaban J connectivity index is 0.00000400. The van der Waals surface area contributed by atoms with Gasteiger partial charge in [-0.15, -0.1) is 24.0 Å². The molecule has 2 N–H and O–H groups in total. The molecule has 0 spiro atoms. The second-order valence-electron chi connectivity index (χ2n) is 5.96. The van der Waals surface area contributed by atoms with Crippen LogP contribution in [-0.2, 0) is 14.6 Å². The molecule has 0 radical (unpaired) electrons. The summed E-state index contributed by atoms with van der Waals surface area (Å²) in [6, 6.07) is 0.342. The third-order valence-corrected chi connectivity index (χ3v) is 5.99. The van der Waals surface area contributed by atoms with Crippen molar-refractivity contribution in [2.75, 3.05) is 32.6 Å². The molecule has 1 aliphatic heterocycles. The number of nitrogens with one attached hydrogen (secondary N) is 2. The molecule has 6 nitrogen and oxygen atoms in total. The number of guanidine groups is 1. The van der Waals surface area contributed by atoms with Crippen LogP contribution < -0.4 is 10.6 Å². The van der Waals surface area contributed by atoms with E-state index in [0.717, 1.165) is 26.1 Å². The van der Waals surface area contributed by atoms with E-state index in [1.54, 1.807) is 27.8 Å². The van der Waals surface area contributed by atoms with Crippen molar-refractivity contribution in [3.8, 4) is 0 Å². The molecule has 1 fully saturated rings. The van der Waals surface area contributed by atoms with Crippen molar-refractivity contribution >= 4 is 39.8 Å². The third kappa shape index (κ3) is 7.14. The number of hydrogen-bond donors (Lipinski definition) is 2. The lowest BCUT2D eigenvalue weighted by molar-refractivity contribution is 0.0822. The molecule has 126 valence electrons. The van der Waals surface area contributed by atoms with Gasteiger partial charge in [-0.25, -0.2) is 8.42 Å². The van der Waals surface area contributed by atoms with E-state index < -0.39 is 14.6 Å². The molecule has 0 aromatic heterocycles. The normalized spacial score (nSPS) is 18.0. The molecule has 1 saturated heterocycles. The van der Waals surface area contributed by atoms with Gasteiger partial charge in [-0.05, 0) is 33.6 Å². The molecular weight excluding hydrogens is 405 g/mol. The number of nitrogens with zero attached hydrogens (tertiary/aromatic N) is 1. The minimum absolute atomic E-state index is 0. The summed E-state index contributed by atoms with van der Waals surface area (Å²) < 4.78 is 28.6. The largest absolute Gasteiger partial charge is 0.381 e. The molecule has 0 atom stereocenters. The minimum Gasteiger partial charge on any atom is -0.381 e. The minimum atomic E-state index is -3.10. The molecule has 0 amide bonds. The maximum Gasteiger partial charge on any atom is 0.191 e. The van der Waals surface area contributed by atoms with Crippen LogP contribution in [0.15, 0.2) is 4.99 Å². The maximum atomic E-state index is 12.0. The van der Waals surface area contributed by atoms with Crippen LogP contribution in [0.25, 0.3) is 0 Å². The van der Waals surface area contributed by atoms with E-state index in [4.69, 9.17) is 4.74 Å². The Morgan fingerprint density at radius 3 is 2.33 bits per heavy atom. The van der Waals surface area contributed by atoms with Crippen LogP contribution in [0.3, 0.4) is 0 Å². The standard InChI is InChI=1S/C13H27N3O3S.HI/c1-13(2,3)20(17,18)10-7-15-12(14-4)16-11-5-8-19-9-6-11;/h11H,5-10H2,1-4H3,(H2,14,15,16);1H. The van der Waals surface area contributed by atoms with Crippen LogP contribution in [0.2, 0.25) is 0 Å². The van der Waals surface area contributed by atoms with Gasteiger partial charge in [0, 0.05) is 32.8 Å². The fourth-order valence-corrected chi connectivity index (χ4v) is 2.82. The molecule has 0 bridgehead atoms. The van der Waals surface area contributed by atoms with Gasteiger partial charge in [-0.3, -0.25) is 4.99 Å². The first-order valence-electron chi connectivity index (χ1n) is 7.03. The molecule has 1 aliphatic rings. The van der Waals surface area contributed by atoms with Crippen LogP contribution >= 0.6 is 24.0 Å². The summed E-state index contributed by atoms with van der Waals surface area (Å²) in [6.45, 7) is 7.04. The Labute approximate surface area is 145 Å². The van der Waals surface area contributed by atoms with Gasteiger partial charge < -0.3 is 15.4 Å². The molecule has 8 heteroatoms. The molecule has 21 heavy (non-hydrogen) atoms. The lowest BCUT2D eigenvalue weighted by atomic mass is 10.1. The number of halogens is 1. The zero-order valence-electron chi connectivity index (χ0n) is 13.3. The van der Waals surface area contributed by atoms with Gasteiger partial charge in [0.25, 0.3) is 0 Å². The Kier molecular flexibility index (Phi) is 9.10. The van der Waals surface area contributed by atoms with Crippen LogP contribution in [0.4, 0.5) is 0 Å². The van der Waals surface area contributed by atoms with Crippen LogP contribution in [-0.4, -0.2) is 57.7 Å². The average molecular weight is 433 g/mol. The van der Waals surface area contributed by atoms with E-state index >= 15 is 0 Å². The van der Waals surface area contributed by atoms with E-state index in [-0.39, 0.29) is 29.7 Å². The molecule has 0 aliphatic carbocycles. The molecule has 0 aromatic carbocycles. The Bertz CT molecular complexity index is 426. The van der Waals surface area contributed by atoms with Crippen LogP contribution in [0.5, 0.6) is 0 Å². The lowest BCUT2D eigenvalue weighted by Crippen LogP contribution is -2.47. The molecule has 1 heterocycles. The van der Waals surface area contributed by atoms with Gasteiger partial charge in [0.2, 0.25) is 0 Å². The molecular formula is C13H28IN3O3S. The van der Waals surface area contributed by atoms with E-state index in [2.05, 4.69) is 15.6 Å². The summed E-state index contributed by atoms with van der Waals surface area (Å²) in [5, 5.41) is 6.36. The van der Waals surface area contributed by atoms with Crippen molar-refractivity contribution in [1.29, 1.82) is 0 Å². The fraction of sp³-hybridized carbons (Fsp3) is 0.923. The first-order chi connectivity index (χ1) is 9.26. The number of ether oxygens (including phenoxy) is 1. The van der Waals surface area contributed by atoms with Crippen molar-refractivity contribution in [3.63, 3.8) is 0 Å². The molecule has 0 saturated carbocycles. The summed E-state index contributed by atoms with van der Waals surface area (Å²) in [5.74, 6) is 0.756. The summed E-state index contributed by atoms with van der Waals surface area (Å²) in [6.07, 6.45) is 1.89. The number of rotatable bonds is 4. The van der Waals surface area contributed by atoms with Gasteiger partial charge in [-0.1, -0.05) is 0 Å². The number of hydrogen-bond acceptors (Lipinski definition) is 4. The highest BCUT2D eigenvalue weighted by atomic mass is 127. The lowest BCUT2D eigenvalue weighted by Gasteiger charge is -2.25. The Hall–Kier alpha value is -0.0900. The van der Waals surface area contributed by atoms with Crippen molar-refractivity contribution in [2.45, 2.75) is 44.4 Å². The summed E-state index contributed by atoms with van der Waals surface area (Å²) in [4.78, 5) is 4.12. The first-order valence-corrected chi connectivity index (χ1v) is 8.69. The summed E-state index contributed by atoms with van der Waals surface area (Å²) in [7, 11) is -1.41. The van der Waals surface area contributed by atoms with Gasteiger partial charge >= 0.3 is 0 Å². The maximum absolute atomic E-state index is 12.0. The second kappa shape index (κ2) is 9.14. The van der Waals surface area contributed by atoms with Crippen molar-refractivity contribution < 1.29 is 13.2 Å². The zero-order chi connectivity index (χ0) is 15.2. The predicted octanol–water partition coefficient (Wildman–Crippen LogP) is 1.16. The van der Waals surface area contributed by atoms with Gasteiger partial charge in [0.1, 0.15) is 0 Å². The topological polar surface area (TPSA) is 79.8 Å². The van der Waals surface area contributed by atoms with Crippen LogP contribution in [0.1, 0.15) is 33.6 Å². The highest BCUT2D eigenvalue weighted by molar-refractivity contribution is 14.0. The molecule has 0 aromatic rings. The predicted molar refractivity (Wildman–Crippen MR) is 97.3 cm³/mol. The highest BCUT2D eigenvalue weighted by Crippen LogP contribution is 2.15. The van der Waals surface area contributed by atoms with Gasteiger partial charge in [0.05, 0.1) is 10.5 Å². The second-order valence-corrected chi connectivity index (χ2v) is 8.82. The number of sulfone groups is 1. The average Bonchev–Trinajstić information content (AvgIpc) is 2.37. The van der Waals surface area contributed by atoms with E-state index in [9.17, 15) is 8.42 Å². The Morgan fingerprint density at radius 1 is 1.29 bits per heavy atom. The molecule has 0 unspecified atom stereocenters. The van der Waals surface area contributed by atoms with Crippen molar-refractivity contribution in [1.82, 2.24) is 10.6 Å². The first kappa shape index (κ1) is 20.9. The molecule has 1 rings (SSSR count). The van der Waals surface area contributed by atoms with Gasteiger partial charge in [-0.2, -0.15) is 0 Å². The summed E-state index contributed by atoms with van der Waals surface area (Å²) >= 11 is 0. The SMILES string of the molecule is CN=C(NCCS(=O)(=O)C(C)(C)C)NC1CCOCC1.I. The quantitative estimate of drug-likeness (QED) is 0.395. The smallest absolute Gasteiger partial charge is 0.191 e. The highest BCUT2D eigenvalue weighted by Gasteiger charge is 2.28. The van der Waals surface area contributed by atoms with Crippen molar-refractivity contribution in [2.24, 2.45) is 4.99 Å². The van der Waals surface area contributed by atoms with Crippen LogP contribution in [0, 0.1) is 0 Å². The zero-order valence-corrected chi connectivity index (χ0v) is 16.5. The summed E-state index contributed by atoms with van der Waals surface area (Å²) in [5.41, 5.74) is 0. The van der Waals surface area contributed by atoms with E-state index in [1.807, 2.05) is 0 Å². The Morgan fingerprint density at radius 2 is 1.86 bits per heavy atom.